The molecule has 1 aromatic heterocycles. The second kappa shape index (κ2) is 5.77. The highest BCUT2D eigenvalue weighted by atomic mass is 16.2. The Kier molecular flexibility index (Phi) is 4.09. The molecule has 0 bridgehead atoms. The van der Waals surface area contributed by atoms with Crippen LogP contribution in [-0.2, 0) is 4.79 Å². The zero-order valence-electron chi connectivity index (χ0n) is 10.1. The average Bonchev–Trinajstić information content (AvgIpc) is 2.40. The topological polar surface area (TPSA) is 54.0 Å². The fourth-order valence-corrected chi connectivity index (χ4v) is 2.22. The first kappa shape index (κ1) is 12.0. The standard InChI is InChI=1S/C13H19N3O/c1-2-10-6-8-14-11(9-10)13(17)16-12-5-3-4-7-15-12/h3-5,7,10-11,14H,2,6,8-9H2,1H3,(H,15,16,17). The minimum Gasteiger partial charge on any atom is -0.309 e. The lowest BCUT2D eigenvalue weighted by Gasteiger charge is -2.28. The molecule has 4 nitrogen and oxygen atoms in total. The van der Waals surface area contributed by atoms with Gasteiger partial charge in [0.1, 0.15) is 5.82 Å². The molecule has 0 spiro atoms. The van der Waals surface area contributed by atoms with E-state index >= 15 is 0 Å². The Morgan fingerprint density at radius 3 is 3.18 bits per heavy atom. The van der Waals surface area contributed by atoms with Gasteiger partial charge in [-0.05, 0) is 37.4 Å². The maximum absolute atomic E-state index is 12.0. The molecule has 1 saturated heterocycles. The lowest BCUT2D eigenvalue weighted by molar-refractivity contribution is -0.119. The van der Waals surface area contributed by atoms with Crippen molar-refractivity contribution in [1.82, 2.24) is 10.3 Å². The lowest BCUT2D eigenvalue weighted by Crippen LogP contribution is -2.46. The van der Waals surface area contributed by atoms with Crippen LogP contribution in [0.3, 0.4) is 0 Å². The summed E-state index contributed by atoms with van der Waals surface area (Å²) in [6.07, 6.45) is 4.92. The highest BCUT2D eigenvalue weighted by Gasteiger charge is 2.25. The van der Waals surface area contributed by atoms with Gasteiger partial charge in [-0.3, -0.25) is 4.79 Å². The monoisotopic (exact) mass is 233 g/mol. The largest absolute Gasteiger partial charge is 0.309 e. The molecular formula is C13H19N3O. The molecule has 2 unspecified atom stereocenters. The van der Waals surface area contributed by atoms with Crippen molar-refractivity contribution in [2.24, 2.45) is 5.92 Å². The summed E-state index contributed by atoms with van der Waals surface area (Å²) in [6.45, 7) is 3.11. The van der Waals surface area contributed by atoms with Crippen molar-refractivity contribution in [2.45, 2.75) is 32.2 Å². The molecule has 0 radical (unpaired) electrons. The van der Waals surface area contributed by atoms with E-state index in [1.54, 1.807) is 12.3 Å². The minimum atomic E-state index is -0.0734. The Hall–Kier alpha value is -1.42. The van der Waals surface area contributed by atoms with Crippen molar-refractivity contribution in [3.8, 4) is 0 Å². The highest BCUT2D eigenvalue weighted by Crippen LogP contribution is 2.19. The molecule has 1 aliphatic heterocycles. The minimum absolute atomic E-state index is 0.0295. The van der Waals surface area contributed by atoms with Crippen LogP contribution in [-0.4, -0.2) is 23.5 Å². The van der Waals surface area contributed by atoms with Crippen LogP contribution < -0.4 is 10.6 Å². The van der Waals surface area contributed by atoms with E-state index in [4.69, 9.17) is 0 Å². The number of amides is 1. The molecule has 0 saturated carbocycles. The Morgan fingerprint density at radius 1 is 1.59 bits per heavy atom. The zero-order valence-corrected chi connectivity index (χ0v) is 10.1. The van der Waals surface area contributed by atoms with Crippen molar-refractivity contribution < 1.29 is 4.79 Å². The number of carbonyl (C=O) groups is 1. The fraction of sp³-hybridized carbons (Fsp3) is 0.538. The highest BCUT2D eigenvalue weighted by molar-refractivity contribution is 5.94. The number of hydrogen-bond acceptors (Lipinski definition) is 3. The third kappa shape index (κ3) is 3.27. The van der Waals surface area contributed by atoms with Gasteiger partial charge in [0.25, 0.3) is 0 Å². The number of nitrogens with zero attached hydrogens (tertiary/aromatic N) is 1. The summed E-state index contributed by atoms with van der Waals surface area (Å²) in [4.78, 5) is 16.1. The summed E-state index contributed by atoms with van der Waals surface area (Å²) in [5.41, 5.74) is 0. The van der Waals surface area contributed by atoms with E-state index < -0.39 is 0 Å². The van der Waals surface area contributed by atoms with Crippen LogP contribution in [0.1, 0.15) is 26.2 Å². The van der Waals surface area contributed by atoms with E-state index in [0.717, 1.165) is 19.4 Å². The molecule has 2 atom stereocenters. The van der Waals surface area contributed by atoms with Gasteiger partial charge < -0.3 is 10.6 Å². The maximum atomic E-state index is 12.0. The summed E-state index contributed by atoms with van der Waals surface area (Å²) in [5.74, 6) is 1.32. The molecule has 2 N–H and O–H groups in total. The first-order valence-corrected chi connectivity index (χ1v) is 6.25. The van der Waals surface area contributed by atoms with E-state index in [1.807, 2.05) is 12.1 Å². The average molecular weight is 233 g/mol. The van der Waals surface area contributed by atoms with Gasteiger partial charge in [0, 0.05) is 6.20 Å². The first-order valence-electron chi connectivity index (χ1n) is 6.25. The molecule has 1 fully saturated rings. The smallest absolute Gasteiger partial charge is 0.242 e. The van der Waals surface area contributed by atoms with E-state index in [2.05, 4.69) is 22.5 Å². The van der Waals surface area contributed by atoms with Gasteiger partial charge in [-0.15, -0.1) is 0 Å². The number of anilines is 1. The molecule has 1 aromatic rings. The molecule has 4 heteroatoms. The van der Waals surface area contributed by atoms with Gasteiger partial charge >= 0.3 is 0 Å². The number of rotatable bonds is 3. The molecule has 2 rings (SSSR count). The van der Waals surface area contributed by atoms with Crippen molar-refractivity contribution >= 4 is 11.7 Å². The quantitative estimate of drug-likeness (QED) is 0.837. The number of hydrogen-bond donors (Lipinski definition) is 2. The third-order valence-corrected chi connectivity index (χ3v) is 3.32. The number of carbonyl (C=O) groups excluding carboxylic acids is 1. The Morgan fingerprint density at radius 2 is 2.47 bits per heavy atom. The summed E-state index contributed by atoms with van der Waals surface area (Å²) in [5, 5.41) is 6.11. The van der Waals surface area contributed by atoms with Gasteiger partial charge in [0.2, 0.25) is 5.91 Å². The normalized spacial score (nSPS) is 24.3. The first-order chi connectivity index (χ1) is 8.29. The SMILES string of the molecule is CCC1CCNC(C(=O)Nc2ccccn2)C1. The van der Waals surface area contributed by atoms with E-state index in [1.165, 1.54) is 6.42 Å². The lowest BCUT2D eigenvalue weighted by atomic mass is 9.90. The van der Waals surface area contributed by atoms with E-state index in [9.17, 15) is 4.79 Å². The van der Waals surface area contributed by atoms with Crippen LogP contribution in [0.5, 0.6) is 0 Å². The Bertz CT molecular complexity index is 366. The Labute approximate surface area is 102 Å². The van der Waals surface area contributed by atoms with Crippen molar-refractivity contribution in [2.75, 3.05) is 11.9 Å². The molecule has 0 aliphatic carbocycles. The van der Waals surface area contributed by atoms with Crippen LogP contribution >= 0.6 is 0 Å². The summed E-state index contributed by atoms with van der Waals surface area (Å²) in [6, 6.07) is 5.43. The summed E-state index contributed by atoms with van der Waals surface area (Å²) in [7, 11) is 0. The van der Waals surface area contributed by atoms with Crippen LogP contribution in [0.15, 0.2) is 24.4 Å². The van der Waals surface area contributed by atoms with E-state index in [-0.39, 0.29) is 11.9 Å². The number of nitrogens with one attached hydrogen (secondary N) is 2. The molecule has 1 aliphatic rings. The van der Waals surface area contributed by atoms with Crippen LogP contribution in [0.25, 0.3) is 0 Å². The van der Waals surface area contributed by atoms with Gasteiger partial charge in [-0.2, -0.15) is 0 Å². The van der Waals surface area contributed by atoms with Gasteiger partial charge in [-0.1, -0.05) is 19.4 Å². The van der Waals surface area contributed by atoms with Crippen LogP contribution in [0.2, 0.25) is 0 Å². The van der Waals surface area contributed by atoms with Crippen LogP contribution in [0, 0.1) is 5.92 Å². The fourth-order valence-electron chi connectivity index (χ4n) is 2.22. The molecule has 1 amide bonds. The molecule has 2 heterocycles. The predicted molar refractivity (Wildman–Crippen MR) is 67.7 cm³/mol. The van der Waals surface area contributed by atoms with Crippen LogP contribution in [0.4, 0.5) is 5.82 Å². The molecular weight excluding hydrogens is 214 g/mol. The predicted octanol–water partition coefficient (Wildman–Crippen LogP) is 1.80. The summed E-state index contributed by atoms with van der Waals surface area (Å²) >= 11 is 0. The van der Waals surface area contributed by atoms with Crippen molar-refractivity contribution in [3.63, 3.8) is 0 Å². The van der Waals surface area contributed by atoms with Gasteiger partial charge in [0.05, 0.1) is 6.04 Å². The van der Waals surface area contributed by atoms with Gasteiger partial charge in [-0.25, -0.2) is 4.98 Å². The number of aromatic nitrogens is 1. The zero-order chi connectivity index (χ0) is 12.1. The second-order valence-corrected chi connectivity index (χ2v) is 4.51. The number of pyridine rings is 1. The third-order valence-electron chi connectivity index (χ3n) is 3.32. The molecule has 17 heavy (non-hydrogen) atoms. The maximum Gasteiger partial charge on any atom is 0.242 e. The second-order valence-electron chi connectivity index (χ2n) is 4.51. The molecule has 92 valence electrons. The summed E-state index contributed by atoms with van der Waals surface area (Å²) < 4.78 is 0. The van der Waals surface area contributed by atoms with Crippen molar-refractivity contribution in [3.05, 3.63) is 24.4 Å². The number of piperidine rings is 1. The Balaban J connectivity index is 1.91. The van der Waals surface area contributed by atoms with E-state index in [0.29, 0.717) is 11.7 Å². The molecule has 0 aromatic carbocycles. The van der Waals surface area contributed by atoms with Gasteiger partial charge in [0.15, 0.2) is 0 Å². The van der Waals surface area contributed by atoms with Crippen molar-refractivity contribution in [1.29, 1.82) is 0 Å².